The highest BCUT2D eigenvalue weighted by atomic mass is 32.2. The van der Waals surface area contributed by atoms with Gasteiger partial charge >= 0.3 is 0 Å². The van der Waals surface area contributed by atoms with Gasteiger partial charge in [-0.3, -0.25) is 0 Å². The molecule has 1 saturated heterocycles. The first-order valence-corrected chi connectivity index (χ1v) is 14.1. The first-order chi connectivity index (χ1) is 17.4. The molecule has 186 valence electrons. The molecule has 0 aliphatic carbocycles. The van der Waals surface area contributed by atoms with E-state index in [9.17, 15) is 17.2 Å². The topological polar surface area (TPSA) is 76.3 Å². The minimum absolute atomic E-state index is 0.193. The summed E-state index contributed by atoms with van der Waals surface area (Å²) < 4.78 is 61.0. The minimum atomic E-state index is -3.60. The molecule has 2 aromatic heterocycles. The molecule has 1 aliphatic rings. The summed E-state index contributed by atoms with van der Waals surface area (Å²) in [5.41, 5.74) is 1.74. The van der Waals surface area contributed by atoms with Crippen molar-refractivity contribution < 1.29 is 21.9 Å². The number of hydrogen-bond donors (Lipinski definition) is 0. The second kappa shape index (κ2) is 10.5. The average molecular weight is 547 g/mol. The van der Waals surface area contributed by atoms with Gasteiger partial charge < -0.3 is 4.74 Å². The fourth-order valence-electron chi connectivity index (χ4n) is 3.54. The molecule has 3 heterocycles. The monoisotopic (exact) mass is 546 g/mol. The van der Waals surface area contributed by atoms with Crippen LogP contribution >= 0.6 is 22.7 Å². The number of aromatic nitrogens is 1. The van der Waals surface area contributed by atoms with Gasteiger partial charge in [-0.15, -0.1) is 22.7 Å². The Labute approximate surface area is 214 Å². The summed E-state index contributed by atoms with van der Waals surface area (Å²) >= 11 is 2.89. The molecule has 7 nitrogen and oxygen atoms in total. The largest absolute Gasteiger partial charge is 0.379 e. The second-order valence-electron chi connectivity index (χ2n) is 7.73. The molecule has 1 aliphatic heterocycles. The lowest BCUT2D eigenvalue weighted by molar-refractivity contribution is 0.0730. The molecule has 12 heteroatoms. The van der Waals surface area contributed by atoms with E-state index >= 15 is 0 Å². The van der Waals surface area contributed by atoms with Gasteiger partial charge in [0.15, 0.2) is 11.6 Å². The highest BCUT2D eigenvalue weighted by Gasteiger charge is 2.26. The third-order valence-electron chi connectivity index (χ3n) is 5.39. The van der Waals surface area contributed by atoms with E-state index in [-0.39, 0.29) is 4.90 Å². The van der Waals surface area contributed by atoms with E-state index in [0.717, 1.165) is 22.7 Å². The molecule has 0 bridgehead atoms. The first kappa shape index (κ1) is 24.7. The molecule has 0 spiro atoms. The maximum absolute atomic E-state index is 13.6. The third-order valence-corrected chi connectivity index (χ3v) is 9.02. The van der Waals surface area contributed by atoms with E-state index in [0.29, 0.717) is 42.4 Å². The number of hydrogen-bond acceptors (Lipinski definition) is 7. The van der Waals surface area contributed by atoms with Crippen LogP contribution in [0.2, 0.25) is 0 Å². The Morgan fingerprint density at radius 3 is 2.44 bits per heavy atom. The molecule has 1 fully saturated rings. The van der Waals surface area contributed by atoms with Crippen LogP contribution in [-0.4, -0.2) is 49.9 Å². The Hall–Kier alpha value is -3.03. The maximum Gasteiger partial charge on any atom is 0.243 e. The van der Waals surface area contributed by atoms with Gasteiger partial charge in [0.25, 0.3) is 0 Å². The predicted octanol–water partition coefficient (Wildman–Crippen LogP) is 4.69. The summed E-state index contributed by atoms with van der Waals surface area (Å²) in [5, 5.41) is 8.34. The Balaban J connectivity index is 1.49. The van der Waals surface area contributed by atoms with Crippen LogP contribution < -0.4 is 4.80 Å². The van der Waals surface area contributed by atoms with E-state index in [1.165, 1.54) is 51.4 Å². The lowest BCUT2D eigenvalue weighted by atomic mass is 10.2. The molecule has 2 aromatic carbocycles. The highest BCUT2D eigenvalue weighted by Crippen LogP contribution is 2.26. The van der Waals surface area contributed by atoms with Crippen molar-refractivity contribution in [2.75, 3.05) is 26.3 Å². The zero-order chi connectivity index (χ0) is 25.1. The number of rotatable bonds is 6. The van der Waals surface area contributed by atoms with Crippen LogP contribution in [0.1, 0.15) is 5.56 Å². The number of benzene rings is 2. The molecule has 0 saturated carbocycles. The summed E-state index contributed by atoms with van der Waals surface area (Å²) in [6.45, 7) is 1.40. The van der Waals surface area contributed by atoms with Crippen molar-refractivity contribution in [3.8, 4) is 10.6 Å². The van der Waals surface area contributed by atoms with Crippen LogP contribution in [0.3, 0.4) is 0 Å². The molecule has 36 heavy (non-hydrogen) atoms. The van der Waals surface area contributed by atoms with Crippen molar-refractivity contribution in [3.05, 3.63) is 87.4 Å². The third kappa shape index (κ3) is 5.22. The summed E-state index contributed by atoms with van der Waals surface area (Å²) in [5.74, 6) is -1.88. The number of morpholine rings is 1. The van der Waals surface area contributed by atoms with E-state index < -0.39 is 21.7 Å². The molecule has 0 atom stereocenters. The fraction of sp³-hybridized carbons (Fsp3) is 0.167. The standard InChI is InChI=1S/C24H20F2N4O3S3/c25-20-8-3-17(14-21(20)26)15-27-30-22(23-2-1-13-34-23)16-35-24(30)28-18-4-6-19(7-5-18)36(31,32)29-9-11-33-12-10-29/h1-8,13-16H,9-12H2. The molecule has 4 aromatic rings. The van der Waals surface area contributed by atoms with Gasteiger partial charge in [0.05, 0.1) is 40.6 Å². The van der Waals surface area contributed by atoms with Gasteiger partial charge in [0.1, 0.15) is 0 Å². The van der Waals surface area contributed by atoms with Crippen LogP contribution in [-0.2, 0) is 14.8 Å². The number of sulfonamides is 1. The molecular formula is C24H20F2N4O3S3. The Bertz CT molecular complexity index is 1550. The van der Waals surface area contributed by atoms with E-state index in [2.05, 4.69) is 10.1 Å². The van der Waals surface area contributed by atoms with Gasteiger partial charge in [-0.2, -0.15) is 9.41 Å². The zero-order valence-corrected chi connectivity index (χ0v) is 21.2. The summed E-state index contributed by atoms with van der Waals surface area (Å²) in [4.78, 5) is 6.34. The van der Waals surface area contributed by atoms with E-state index in [1.807, 2.05) is 22.9 Å². The van der Waals surface area contributed by atoms with E-state index in [4.69, 9.17) is 4.74 Å². The van der Waals surface area contributed by atoms with Crippen LogP contribution in [0.5, 0.6) is 0 Å². The summed E-state index contributed by atoms with van der Waals surface area (Å²) in [6.07, 6.45) is 1.43. The van der Waals surface area contributed by atoms with Crippen molar-refractivity contribution in [1.29, 1.82) is 0 Å². The fourth-order valence-corrected chi connectivity index (χ4v) is 6.60. The predicted molar refractivity (Wildman–Crippen MR) is 136 cm³/mol. The van der Waals surface area contributed by atoms with Crippen molar-refractivity contribution in [2.45, 2.75) is 4.90 Å². The highest BCUT2D eigenvalue weighted by molar-refractivity contribution is 7.89. The van der Waals surface area contributed by atoms with Crippen LogP contribution in [0.4, 0.5) is 14.5 Å². The van der Waals surface area contributed by atoms with Crippen molar-refractivity contribution in [1.82, 2.24) is 8.98 Å². The second-order valence-corrected chi connectivity index (χ2v) is 11.5. The molecular weight excluding hydrogens is 526 g/mol. The minimum Gasteiger partial charge on any atom is -0.379 e. The average Bonchev–Trinajstić information content (AvgIpc) is 3.56. The van der Waals surface area contributed by atoms with Crippen molar-refractivity contribution in [3.63, 3.8) is 0 Å². The zero-order valence-electron chi connectivity index (χ0n) is 18.8. The molecule has 5 rings (SSSR count). The van der Waals surface area contributed by atoms with Crippen LogP contribution in [0, 0.1) is 11.6 Å². The number of thiophene rings is 1. The van der Waals surface area contributed by atoms with Gasteiger partial charge in [-0.05, 0) is 53.4 Å². The van der Waals surface area contributed by atoms with Crippen molar-refractivity contribution in [2.24, 2.45) is 10.1 Å². The number of nitrogens with zero attached hydrogens (tertiary/aromatic N) is 4. The van der Waals surface area contributed by atoms with Gasteiger partial charge in [0.2, 0.25) is 14.8 Å². The molecule has 0 radical (unpaired) electrons. The maximum atomic E-state index is 13.6. The number of thiazole rings is 1. The Morgan fingerprint density at radius 2 is 1.75 bits per heavy atom. The SMILES string of the molecule is O=S(=O)(c1ccc(N=c2scc(-c3cccs3)n2N=Cc2ccc(F)c(F)c2)cc1)N1CCOCC1. The van der Waals surface area contributed by atoms with Gasteiger partial charge in [-0.1, -0.05) is 12.1 Å². The Kier molecular flexibility index (Phi) is 7.21. The molecule has 0 N–H and O–H groups in total. The normalized spacial score (nSPS) is 15.7. The quantitative estimate of drug-likeness (QED) is 0.329. The summed E-state index contributed by atoms with van der Waals surface area (Å²) in [6, 6.07) is 13.8. The lowest BCUT2D eigenvalue weighted by Crippen LogP contribution is -2.40. The summed E-state index contributed by atoms with van der Waals surface area (Å²) in [7, 11) is -3.60. The van der Waals surface area contributed by atoms with Crippen LogP contribution in [0.15, 0.2) is 80.3 Å². The number of ether oxygens (including phenoxy) is 1. The smallest absolute Gasteiger partial charge is 0.243 e. The lowest BCUT2D eigenvalue weighted by Gasteiger charge is -2.26. The molecule has 0 unspecified atom stereocenters. The Morgan fingerprint density at radius 1 is 0.972 bits per heavy atom. The molecule has 0 amide bonds. The van der Waals surface area contributed by atoms with Gasteiger partial charge in [-0.25, -0.2) is 26.9 Å². The van der Waals surface area contributed by atoms with Crippen LogP contribution in [0.25, 0.3) is 10.6 Å². The number of halogens is 2. The van der Waals surface area contributed by atoms with Crippen molar-refractivity contribution >= 4 is 44.6 Å². The first-order valence-electron chi connectivity index (χ1n) is 10.9. The van der Waals surface area contributed by atoms with E-state index in [1.54, 1.807) is 16.8 Å². The van der Waals surface area contributed by atoms with Gasteiger partial charge in [0, 0.05) is 18.5 Å².